The van der Waals surface area contributed by atoms with Crippen LogP contribution in [0.2, 0.25) is 0 Å². The smallest absolute Gasteiger partial charge is 0.252 e. The zero-order chi connectivity index (χ0) is 13.3. The molecule has 1 aliphatic heterocycles. The highest BCUT2D eigenvalue weighted by Crippen LogP contribution is 2.30. The normalized spacial score (nSPS) is 26.4. The molecule has 0 radical (unpaired) electrons. The highest BCUT2D eigenvalue weighted by atomic mass is 32.2. The Balaban J connectivity index is 2.28. The fourth-order valence-electron chi connectivity index (χ4n) is 2.30. The van der Waals surface area contributed by atoms with E-state index in [1.807, 2.05) is 19.9 Å². The van der Waals surface area contributed by atoms with Gasteiger partial charge in [0.05, 0.1) is 0 Å². The minimum Gasteiger partial charge on any atom is -0.396 e. The van der Waals surface area contributed by atoms with Gasteiger partial charge in [0.15, 0.2) is 0 Å². The van der Waals surface area contributed by atoms with Gasteiger partial charge in [0.25, 0.3) is 10.0 Å². The molecule has 0 spiro atoms. The second-order valence-electron chi connectivity index (χ2n) is 4.91. The number of aliphatic hydroxyl groups excluding tert-OH is 1. The summed E-state index contributed by atoms with van der Waals surface area (Å²) in [4.78, 5) is 0.997. The number of nitrogens with zero attached hydrogens (tertiary/aromatic N) is 1. The molecule has 2 atom stereocenters. The third kappa shape index (κ3) is 2.61. The van der Waals surface area contributed by atoms with Crippen molar-refractivity contribution in [3.8, 4) is 0 Å². The summed E-state index contributed by atoms with van der Waals surface area (Å²) in [6, 6.07) is 3.51. The van der Waals surface area contributed by atoms with E-state index in [0.717, 1.165) is 17.7 Å². The summed E-state index contributed by atoms with van der Waals surface area (Å²) in [6.07, 6.45) is 1.71. The molecule has 0 aliphatic carbocycles. The first kappa shape index (κ1) is 14.0. The number of hydrogen-bond donors (Lipinski definition) is 1. The van der Waals surface area contributed by atoms with Crippen molar-refractivity contribution in [3.63, 3.8) is 0 Å². The van der Waals surface area contributed by atoms with Gasteiger partial charge in [0.1, 0.15) is 4.21 Å². The maximum absolute atomic E-state index is 12.5. The summed E-state index contributed by atoms with van der Waals surface area (Å²) >= 11 is 1.31. The summed E-state index contributed by atoms with van der Waals surface area (Å²) < 4.78 is 27.0. The largest absolute Gasteiger partial charge is 0.396 e. The Morgan fingerprint density at radius 2 is 2.17 bits per heavy atom. The van der Waals surface area contributed by atoms with Gasteiger partial charge in [0, 0.05) is 24.1 Å². The van der Waals surface area contributed by atoms with Gasteiger partial charge in [-0.3, -0.25) is 0 Å². The first-order valence-electron chi connectivity index (χ1n) is 6.14. The van der Waals surface area contributed by atoms with Crippen LogP contribution in [0.5, 0.6) is 0 Å². The van der Waals surface area contributed by atoms with Gasteiger partial charge in [-0.25, -0.2) is 8.42 Å². The molecule has 102 valence electrons. The Hall–Kier alpha value is -0.430. The average molecular weight is 289 g/mol. The first-order chi connectivity index (χ1) is 8.45. The summed E-state index contributed by atoms with van der Waals surface area (Å²) in [5, 5.41) is 9.22. The van der Waals surface area contributed by atoms with E-state index in [2.05, 4.69) is 0 Å². The lowest BCUT2D eigenvalue weighted by Gasteiger charge is -2.35. The lowest BCUT2D eigenvalue weighted by molar-refractivity contribution is 0.139. The number of rotatable bonds is 3. The summed E-state index contributed by atoms with van der Waals surface area (Å²) in [6.45, 7) is 4.32. The maximum atomic E-state index is 12.5. The summed E-state index contributed by atoms with van der Waals surface area (Å²) in [7, 11) is -3.39. The van der Waals surface area contributed by atoms with Crippen LogP contribution in [-0.2, 0) is 10.0 Å². The molecule has 1 aliphatic rings. The molecule has 1 aromatic heterocycles. The third-order valence-electron chi connectivity index (χ3n) is 3.46. The van der Waals surface area contributed by atoms with E-state index in [-0.39, 0.29) is 18.6 Å². The fraction of sp³-hybridized carbons (Fsp3) is 0.667. The van der Waals surface area contributed by atoms with E-state index >= 15 is 0 Å². The van der Waals surface area contributed by atoms with Crippen molar-refractivity contribution >= 4 is 21.4 Å². The predicted molar refractivity (Wildman–Crippen MR) is 72.2 cm³/mol. The van der Waals surface area contributed by atoms with E-state index in [0.29, 0.717) is 10.8 Å². The Kier molecular flexibility index (Phi) is 4.11. The molecule has 0 bridgehead atoms. The molecule has 4 nitrogen and oxygen atoms in total. The standard InChI is InChI=1S/C12H19NO3S2/c1-9-3-5-11(8-14)7-13(9)18(15,16)12-6-4-10(2)17-12/h4,6,9,11,14H,3,5,7-8H2,1-2H3. The predicted octanol–water partition coefficient (Wildman–Crippen LogP) is 1.84. The van der Waals surface area contributed by atoms with Crippen molar-refractivity contribution in [1.82, 2.24) is 4.31 Å². The van der Waals surface area contributed by atoms with Crippen molar-refractivity contribution in [3.05, 3.63) is 17.0 Å². The van der Waals surface area contributed by atoms with E-state index in [9.17, 15) is 13.5 Å². The van der Waals surface area contributed by atoms with E-state index in [1.165, 1.54) is 11.3 Å². The molecular weight excluding hydrogens is 270 g/mol. The van der Waals surface area contributed by atoms with Gasteiger partial charge in [0.2, 0.25) is 0 Å². The van der Waals surface area contributed by atoms with Crippen molar-refractivity contribution in [2.24, 2.45) is 5.92 Å². The lowest BCUT2D eigenvalue weighted by atomic mass is 9.96. The zero-order valence-corrected chi connectivity index (χ0v) is 12.3. The van der Waals surface area contributed by atoms with Gasteiger partial charge in [-0.1, -0.05) is 0 Å². The second-order valence-corrected chi connectivity index (χ2v) is 8.32. The quantitative estimate of drug-likeness (QED) is 0.923. The molecule has 0 aromatic carbocycles. The monoisotopic (exact) mass is 289 g/mol. The molecule has 1 aromatic rings. The molecule has 2 heterocycles. The van der Waals surface area contributed by atoms with E-state index in [4.69, 9.17) is 0 Å². The van der Waals surface area contributed by atoms with Crippen LogP contribution < -0.4 is 0 Å². The minimum absolute atomic E-state index is 0.0141. The number of hydrogen-bond acceptors (Lipinski definition) is 4. The second kappa shape index (κ2) is 5.28. The van der Waals surface area contributed by atoms with Crippen LogP contribution in [0.3, 0.4) is 0 Å². The van der Waals surface area contributed by atoms with Crippen LogP contribution in [0.1, 0.15) is 24.6 Å². The van der Waals surface area contributed by atoms with Gasteiger partial charge < -0.3 is 5.11 Å². The first-order valence-corrected chi connectivity index (χ1v) is 8.40. The topological polar surface area (TPSA) is 57.6 Å². The Bertz CT molecular complexity index is 509. The highest BCUT2D eigenvalue weighted by Gasteiger charge is 2.35. The van der Waals surface area contributed by atoms with Gasteiger partial charge >= 0.3 is 0 Å². The van der Waals surface area contributed by atoms with E-state index < -0.39 is 10.0 Å². The molecule has 1 fully saturated rings. The number of thiophene rings is 1. The zero-order valence-electron chi connectivity index (χ0n) is 10.7. The van der Waals surface area contributed by atoms with Crippen LogP contribution in [0.4, 0.5) is 0 Å². The summed E-state index contributed by atoms with van der Waals surface area (Å²) in [5.41, 5.74) is 0. The Morgan fingerprint density at radius 1 is 1.44 bits per heavy atom. The summed E-state index contributed by atoms with van der Waals surface area (Å²) in [5.74, 6) is 0.0667. The lowest BCUT2D eigenvalue weighted by Crippen LogP contribution is -2.45. The molecule has 0 saturated carbocycles. The Morgan fingerprint density at radius 3 is 2.72 bits per heavy atom. The number of aliphatic hydroxyl groups is 1. The minimum atomic E-state index is -3.39. The average Bonchev–Trinajstić information content (AvgIpc) is 2.77. The molecule has 0 amide bonds. The molecule has 2 unspecified atom stereocenters. The molecule has 2 rings (SSSR count). The van der Waals surface area contributed by atoms with Crippen molar-refractivity contribution in [2.45, 2.75) is 36.9 Å². The number of piperidine rings is 1. The molecular formula is C12H19NO3S2. The Labute approximate surface area is 112 Å². The van der Waals surface area contributed by atoms with Crippen LogP contribution in [0.25, 0.3) is 0 Å². The van der Waals surface area contributed by atoms with Gasteiger partial charge in [-0.2, -0.15) is 4.31 Å². The van der Waals surface area contributed by atoms with Crippen LogP contribution in [0, 0.1) is 12.8 Å². The van der Waals surface area contributed by atoms with Crippen LogP contribution in [-0.4, -0.2) is 37.0 Å². The molecule has 1 saturated heterocycles. The fourth-order valence-corrected chi connectivity index (χ4v) is 5.45. The maximum Gasteiger partial charge on any atom is 0.252 e. The van der Waals surface area contributed by atoms with Crippen molar-refractivity contribution in [2.75, 3.05) is 13.2 Å². The van der Waals surface area contributed by atoms with Crippen LogP contribution >= 0.6 is 11.3 Å². The van der Waals surface area contributed by atoms with Gasteiger partial charge in [-0.05, 0) is 44.7 Å². The molecule has 18 heavy (non-hydrogen) atoms. The number of aryl methyl sites for hydroxylation is 1. The SMILES string of the molecule is Cc1ccc(S(=O)(=O)N2CC(CO)CCC2C)s1. The van der Waals surface area contributed by atoms with Crippen molar-refractivity contribution in [1.29, 1.82) is 0 Å². The molecule has 1 N–H and O–H groups in total. The van der Waals surface area contributed by atoms with E-state index in [1.54, 1.807) is 10.4 Å². The number of sulfonamides is 1. The third-order valence-corrected chi connectivity index (χ3v) is 6.91. The van der Waals surface area contributed by atoms with Crippen molar-refractivity contribution < 1.29 is 13.5 Å². The van der Waals surface area contributed by atoms with Gasteiger partial charge in [-0.15, -0.1) is 11.3 Å². The molecule has 6 heteroatoms. The highest BCUT2D eigenvalue weighted by molar-refractivity contribution is 7.91. The van der Waals surface area contributed by atoms with Crippen LogP contribution in [0.15, 0.2) is 16.3 Å².